The maximum Gasteiger partial charge on any atom is 0.356 e. The fourth-order valence-corrected chi connectivity index (χ4v) is 2.35. The molecule has 0 spiro atoms. The van der Waals surface area contributed by atoms with Gasteiger partial charge in [0, 0.05) is 12.1 Å². The normalized spacial score (nSPS) is 13.9. The highest BCUT2D eigenvalue weighted by Crippen LogP contribution is 2.39. The van der Waals surface area contributed by atoms with Crippen molar-refractivity contribution in [1.82, 2.24) is 15.0 Å². The molecule has 0 unspecified atom stereocenters. The molecule has 22 heavy (non-hydrogen) atoms. The van der Waals surface area contributed by atoms with Gasteiger partial charge in [-0.1, -0.05) is 17.7 Å². The Bertz CT molecular complexity index is 731. The monoisotopic (exact) mass is 318 g/mol. The molecule has 0 atom stereocenters. The summed E-state index contributed by atoms with van der Waals surface area (Å²) in [6.45, 7) is 2.39. The number of carbonyl (C=O) groups is 1. The Balaban J connectivity index is 1.89. The van der Waals surface area contributed by atoms with Gasteiger partial charge in [-0.2, -0.15) is 0 Å². The molecular weight excluding hydrogens is 304 g/mol. The van der Waals surface area contributed by atoms with Crippen LogP contribution in [0, 0.1) is 6.92 Å². The number of carboxylic acids is 1. The van der Waals surface area contributed by atoms with E-state index in [0.717, 1.165) is 24.1 Å². The van der Waals surface area contributed by atoms with Crippen LogP contribution >= 0.6 is 11.6 Å². The summed E-state index contributed by atoms with van der Waals surface area (Å²) in [4.78, 5) is 24.0. The third-order valence-electron chi connectivity index (χ3n) is 3.55. The molecule has 1 aliphatic carbocycles. The van der Waals surface area contributed by atoms with Crippen LogP contribution in [-0.2, 0) is 6.54 Å². The van der Waals surface area contributed by atoms with Crippen molar-refractivity contribution < 1.29 is 9.90 Å². The first-order chi connectivity index (χ1) is 10.6. The summed E-state index contributed by atoms with van der Waals surface area (Å²) in [7, 11) is 0. The van der Waals surface area contributed by atoms with Gasteiger partial charge in [-0.25, -0.2) is 14.8 Å². The molecule has 3 rings (SSSR count). The number of aromatic carboxylic acids is 1. The summed E-state index contributed by atoms with van der Waals surface area (Å²) >= 11 is 6.12. The van der Waals surface area contributed by atoms with E-state index in [1.54, 1.807) is 6.20 Å². The van der Waals surface area contributed by atoms with Crippen molar-refractivity contribution in [2.45, 2.75) is 32.2 Å². The van der Waals surface area contributed by atoms with E-state index >= 15 is 0 Å². The van der Waals surface area contributed by atoms with E-state index in [-0.39, 0.29) is 16.6 Å². The lowest BCUT2D eigenvalue weighted by Gasteiger charge is -2.11. The Labute approximate surface area is 132 Å². The molecular formula is C15H15ClN4O2. The summed E-state index contributed by atoms with van der Waals surface area (Å²) in [6, 6.07) is 3.83. The lowest BCUT2D eigenvalue weighted by atomic mass is 10.2. The average molecular weight is 319 g/mol. The molecule has 1 saturated carbocycles. The fraction of sp³-hybridized carbons (Fsp3) is 0.333. The number of hydrogen-bond donors (Lipinski definition) is 2. The lowest BCUT2D eigenvalue weighted by molar-refractivity contribution is 0.0690. The highest BCUT2D eigenvalue weighted by atomic mass is 35.5. The topological polar surface area (TPSA) is 88.0 Å². The van der Waals surface area contributed by atoms with Gasteiger partial charge in [0.1, 0.15) is 16.7 Å². The largest absolute Gasteiger partial charge is 0.476 e. The maximum absolute atomic E-state index is 11.3. The van der Waals surface area contributed by atoms with Crippen molar-refractivity contribution in [2.24, 2.45) is 0 Å². The zero-order valence-electron chi connectivity index (χ0n) is 12.0. The third-order valence-corrected chi connectivity index (χ3v) is 3.91. The highest BCUT2D eigenvalue weighted by molar-refractivity contribution is 6.35. The van der Waals surface area contributed by atoms with E-state index in [1.165, 1.54) is 0 Å². The van der Waals surface area contributed by atoms with Crippen molar-refractivity contribution in [2.75, 3.05) is 5.32 Å². The van der Waals surface area contributed by atoms with Crippen LogP contribution in [0.25, 0.3) is 0 Å². The molecule has 0 saturated heterocycles. The van der Waals surface area contributed by atoms with Gasteiger partial charge in [-0.15, -0.1) is 0 Å². The summed E-state index contributed by atoms with van der Waals surface area (Å²) < 4.78 is 0. The minimum Gasteiger partial charge on any atom is -0.476 e. The van der Waals surface area contributed by atoms with Crippen LogP contribution < -0.4 is 5.32 Å². The number of hydrogen-bond acceptors (Lipinski definition) is 5. The molecule has 2 heterocycles. The second kappa shape index (κ2) is 5.88. The number of nitrogens with one attached hydrogen (secondary N) is 1. The minimum atomic E-state index is -1.15. The van der Waals surface area contributed by atoms with Gasteiger partial charge < -0.3 is 10.4 Å². The van der Waals surface area contributed by atoms with Gasteiger partial charge in [0.15, 0.2) is 5.69 Å². The molecule has 0 radical (unpaired) electrons. The molecule has 6 nitrogen and oxygen atoms in total. The Morgan fingerprint density at radius 1 is 1.45 bits per heavy atom. The van der Waals surface area contributed by atoms with Crippen LogP contribution in [0.3, 0.4) is 0 Å². The van der Waals surface area contributed by atoms with Crippen LogP contribution in [0.15, 0.2) is 18.3 Å². The van der Waals surface area contributed by atoms with Gasteiger partial charge >= 0.3 is 5.97 Å². The number of pyridine rings is 1. The standard InChI is InChI=1S/C15H15ClN4O2/c1-8-3-2-6-17-10(8)7-18-14-11(16)12(15(21)22)19-13(20-14)9-4-5-9/h2-3,6,9H,4-5,7H2,1H3,(H,21,22)(H,18,19,20). The molecule has 0 bridgehead atoms. The van der Waals surface area contributed by atoms with Gasteiger partial charge in [0.2, 0.25) is 0 Å². The van der Waals surface area contributed by atoms with Crippen LogP contribution in [0.5, 0.6) is 0 Å². The Hall–Kier alpha value is -2.21. The van der Waals surface area contributed by atoms with E-state index in [4.69, 9.17) is 11.6 Å². The second-order valence-corrected chi connectivity index (χ2v) is 5.67. The van der Waals surface area contributed by atoms with E-state index in [0.29, 0.717) is 18.2 Å². The molecule has 1 aliphatic rings. The van der Waals surface area contributed by atoms with Crippen LogP contribution in [-0.4, -0.2) is 26.0 Å². The Kier molecular flexibility index (Phi) is 3.94. The Morgan fingerprint density at radius 3 is 2.86 bits per heavy atom. The van der Waals surface area contributed by atoms with Crippen LogP contribution in [0.4, 0.5) is 5.82 Å². The van der Waals surface area contributed by atoms with E-state index in [2.05, 4.69) is 20.3 Å². The van der Waals surface area contributed by atoms with Gasteiger partial charge in [-0.05, 0) is 31.4 Å². The minimum absolute atomic E-state index is 0.0329. The molecule has 2 aromatic rings. The molecule has 2 N–H and O–H groups in total. The first-order valence-corrected chi connectivity index (χ1v) is 7.39. The summed E-state index contributed by atoms with van der Waals surface area (Å²) in [5.74, 6) is -0.0121. The fourth-order valence-electron chi connectivity index (χ4n) is 2.12. The molecule has 114 valence electrons. The summed E-state index contributed by atoms with van der Waals surface area (Å²) in [6.07, 6.45) is 3.68. The average Bonchev–Trinajstić information content (AvgIpc) is 3.32. The zero-order valence-corrected chi connectivity index (χ0v) is 12.8. The predicted octanol–water partition coefficient (Wildman–Crippen LogP) is 3.02. The van der Waals surface area contributed by atoms with E-state index < -0.39 is 5.97 Å². The second-order valence-electron chi connectivity index (χ2n) is 5.29. The SMILES string of the molecule is Cc1cccnc1CNc1nc(C2CC2)nc(C(=O)O)c1Cl. The number of aryl methyl sites for hydroxylation is 1. The number of carboxylic acid groups (broad SMARTS) is 1. The van der Waals surface area contributed by atoms with Crippen LogP contribution in [0.2, 0.25) is 5.02 Å². The number of aromatic nitrogens is 3. The van der Waals surface area contributed by atoms with Crippen molar-refractivity contribution in [3.63, 3.8) is 0 Å². The Morgan fingerprint density at radius 2 is 2.23 bits per heavy atom. The van der Waals surface area contributed by atoms with Crippen molar-refractivity contribution in [3.8, 4) is 0 Å². The zero-order chi connectivity index (χ0) is 15.7. The molecule has 7 heteroatoms. The molecule has 0 amide bonds. The third kappa shape index (κ3) is 3.01. The molecule has 0 aliphatic heterocycles. The lowest BCUT2D eigenvalue weighted by Crippen LogP contribution is -2.12. The summed E-state index contributed by atoms with van der Waals surface area (Å²) in [5.41, 5.74) is 1.75. The van der Waals surface area contributed by atoms with Crippen molar-refractivity contribution >= 4 is 23.4 Å². The quantitative estimate of drug-likeness (QED) is 0.881. The van der Waals surface area contributed by atoms with E-state index in [1.807, 2.05) is 19.1 Å². The van der Waals surface area contributed by atoms with E-state index in [9.17, 15) is 9.90 Å². The maximum atomic E-state index is 11.3. The number of rotatable bonds is 5. The molecule has 1 fully saturated rings. The number of anilines is 1. The number of halogens is 1. The van der Waals surface area contributed by atoms with Crippen molar-refractivity contribution in [1.29, 1.82) is 0 Å². The van der Waals surface area contributed by atoms with Crippen molar-refractivity contribution in [3.05, 3.63) is 46.1 Å². The predicted molar refractivity (Wildman–Crippen MR) is 82.3 cm³/mol. The van der Waals surface area contributed by atoms with Gasteiger partial charge in [0.25, 0.3) is 0 Å². The molecule has 2 aromatic heterocycles. The summed E-state index contributed by atoms with van der Waals surface area (Å²) in [5, 5.41) is 12.3. The van der Waals surface area contributed by atoms with Gasteiger partial charge in [0.05, 0.1) is 12.2 Å². The first-order valence-electron chi connectivity index (χ1n) is 7.01. The highest BCUT2D eigenvalue weighted by Gasteiger charge is 2.29. The van der Waals surface area contributed by atoms with Crippen LogP contribution in [0.1, 0.15) is 46.3 Å². The number of nitrogens with zero attached hydrogens (tertiary/aromatic N) is 3. The van der Waals surface area contributed by atoms with Gasteiger partial charge in [-0.3, -0.25) is 4.98 Å². The smallest absolute Gasteiger partial charge is 0.356 e. The molecule has 0 aromatic carbocycles. The first kappa shape index (κ1) is 14.7.